The van der Waals surface area contributed by atoms with Gasteiger partial charge in [-0.25, -0.2) is 4.98 Å². The van der Waals surface area contributed by atoms with Gasteiger partial charge in [0.15, 0.2) is 5.76 Å². The van der Waals surface area contributed by atoms with E-state index in [1.165, 1.54) is 25.6 Å². The molecule has 1 unspecified atom stereocenters. The van der Waals surface area contributed by atoms with E-state index in [0.29, 0.717) is 29.7 Å². The minimum Gasteiger partial charge on any atom is -0.469 e. The number of carbonyl (C=O) groups excluding carboxylic acids is 3. The Morgan fingerprint density at radius 2 is 2.00 bits per heavy atom. The number of nitrogens with two attached hydrogens (primary N) is 1. The van der Waals surface area contributed by atoms with Crippen LogP contribution >= 0.6 is 0 Å². The van der Waals surface area contributed by atoms with Crippen LogP contribution in [0.3, 0.4) is 0 Å². The molecule has 0 bridgehead atoms. The number of aromatic nitrogens is 1. The second-order valence-electron chi connectivity index (χ2n) is 7.89. The van der Waals surface area contributed by atoms with Crippen molar-refractivity contribution in [2.75, 3.05) is 23.9 Å². The van der Waals surface area contributed by atoms with Crippen molar-refractivity contribution in [1.29, 1.82) is 0 Å². The smallest absolute Gasteiger partial charge is 0.305 e. The summed E-state index contributed by atoms with van der Waals surface area (Å²) in [4.78, 5) is 39.9. The molecule has 3 rings (SSSR count). The zero-order chi connectivity index (χ0) is 26.8. The number of esters is 1. The van der Waals surface area contributed by atoms with Crippen LogP contribution in [-0.4, -0.2) is 39.8 Å². The lowest BCUT2D eigenvalue weighted by atomic mass is 10.1. The molecule has 37 heavy (non-hydrogen) atoms. The number of hydrogen-bond acceptors (Lipinski definition) is 8. The summed E-state index contributed by atoms with van der Waals surface area (Å²) in [6, 6.07) is 10.0. The summed E-state index contributed by atoms with van der Waals surface area (Å²) in [5.41, 5.74) is 8.16. The summed E-state index contributed by atoms with van der Waals surface area (Å²) in [6.45, 7) is 1.77. The van der Waals surface area contributed by atoms with Gasteiger partial charge in [0.05, 0.1) is 24.5 Å². The normalized spacial score (nSPS) is 11.3. The number of methoxy groups -OCH3 is 1. The maximum atomic E-state index is 12.4. The Kier molecular flexibility index (Phi) is 9.57. The summed E-state index contributed by atoms with van der Waals surface area (Å²) >= 11 is 0. The third kappa shape index (κ3) is 8.05. The Labute approximate surface area is 215 Å². The molecule has 0 saturated carbocycles. The van der Waals surface area contributed by atoms with Crippen molar-refractivity contribution < 1.29 is 27.7 Å². The Bertz CT molecular complexity index is 1460. The van der Waals surface area contributed by atoms with Gasteiger partial charge in [0.25, 0.3) is 11.8 Å². The fourth-order valence-electron chi connectivity index (χ4n) is 3.13. The first-order chi connectivity index (χ1) is 17.8. The SMILES string of the molecule is COC(=O)CCCC/[SH](=O)=N/C(=O)c1cnc(N)c(C#Cc2cccc(NC(=O)c3occc3C)c2)c1. The molecule has 2 amide bonds. The summed E-state index contributed by atoms with van der Waals surface area (Å²) in [5, 5.41) is 2.76. The number of anilines is 2. The average molecular weight is 523 g/mol. The zero-order valence-electron chi connectivity index (χ0n) is 20.3. The highest BCUT2D eigenvalue weighted by atomic mass is 32.2. The molecule has 0 aliphatic carbocycles. The molecule has 0 spiro atoms. The topological polar surface area (TPSA) is 154 Å². The molecular formula is C26H26N4O6S. The van der Waals surface area contributed by atoms with Crippen molar-refractivity contribution in [2.24, 2.45) is 4.36 Å². The Balaban J connectivity index is 1.68. The van der Waals surface area contributed by atoms with Crippen molar-refractivity contribution in [1.82, 2.24) is 4.98 Å². The van der Waals surface area contributed by atoms with Crippen LogP contribution in [0.4, 0.5) is 11.5 Å². The molecule has 10 nitrogen and oxygen atoms in total. The number of hydrogen-bond donors (Lipinski definition) is 3. The number of pyridine rings is 1. The van der Waals surface area contributed by atoms with Crippen LogP contribution in [0.1, 0.15) is 56.9 Å². The van der Waals surface area contributed by atoms with Crippen molar-refractivity contribution in [2.45, 2.75) is 26.2 Å². The molecule has 0 radical (unpaired) electrons. The van der Waals surface area contributed by atoms with Gasteiger partial charge in [0.2, 0.25) is 0 Å². The van der Waals surface area contributed by atoms with E-state index in [0.717, 1.165) is 5.56 Å². The Hall–Kier alpha value is -4.43. The highest BCUT2D eigenvalue weighted by Gasteiger charge is 2.13. The summed E-state index contributed by atoms with van der Waals surface area (Å²) in [6.07, 6.45) is 3.88. The average Bonchev–Trinajstić information content (AvgIpc) is 3.32. The zero-order valence-corrected chi connectivity index (χ0v) is 21.2. The number of nitrogen functional groups attached to an aromatic ring is 1. The van der Waals surface area contributed by atoms with E-state index in [4.69, 9.17) is 10.2 Å². The molecule has 1 atom stereocenters. The van der Waals surface area contributed by atoms with Crippen LogP contribution in [-0.2, 0) is 20.1 Å². The number of benzene rings is 1. The van der Waals surface area contributed by atoms with Crippen LogP contribution < -0.4 is 11.1 Å². The fraction of sp³-hybridized carbons (Fsp3) is 0.231. The van der Waals surface area contributed by atoms with Gasteiger partial charge in [-0.1, -0.05) is 17.9 Å². The molecule has 2 aromatic heterocycles. The van der Waals surface area contributed by atoms with Gasteiger partial charge in [-0.2, -0.15) is 4.36 Å². The number of unbranched alkanes of at least 4 members (excludes halogenated alkanes) is 1. The Morgan fingerprint density at radius 1 is 1.19 bits per heavy atom. The van der Waals surface area contributed by atoms with Gasteiger partial charge in [0, 0.05) is 45.8 Å². The Morgan fingerprint density at radius 3 is 2.73 bits per heavy atom. The lowest BCUT2D eigenvalue weighted by Crippen LogP contribution is -2.12. The molecular weight excluding hydrogens is 496 g/mol. The van der Waals surface area contributed by atoms with E-state index in [1.807, 2.05) is 0 Å². The fourth-order valence-corrected chi connectivity index (χ4v) is 4.04. The van der Waals surface area contributed by atoms with Gasteiger partial charge in [0.1, 0.15) is 5.82 Å². The van der Waals surface area contributed by atoms with E-state index >= 15 is 0 Å². The van der Waals surface area contributed by atoms with Crippen molar-refractivity contribution >= 4 is 39.9 Å². The van der Waals surface area contributed by atoms with Crippen molar-refractivity contribution in [3.63, 3.8) is 0 Å². The maximum Gasteiger partial charge on any atom is 0.305 e. The molecule has 2 heterocycles. The molecule has 11 heteroatoms. The molecule has 3 aromatic rings. The second-order valence-corrected chi connectivity index (χ2v) is 9.24. The van der Waals surface area contributed by atoms with E-state index < -0.39 is 16.5 Å². The highest BCUT2D eigenvalue weighted by molar-refractivity contribution is 7.75. The number of amides is 2. The molecule has 1 aromatic carbocycles. The van der Waals surface area contributed by atoms with Crippen LogP contribution in [0.2, 0.25) is 0 Å². The number of thiol groups is 1. The van der Waals surface area contributed by atoms with Crippen molar-refractivity contribution in [3.8, 4) is 11.8 Å². The van der Waals surface area contributed by atoms with Gasteiger partial charge in [-0.05, 0) is 50.1 Å². The maximum absolute atomic E-state index is 12.4. The van der Waals surface area contributed by atoms with Gasteiger partial charge < -0.3 is 20.2 Å². The summed E-state index contributed by atoms with van der Waals surface area (Å²) in [7, 11) is -0.827. The first kappa shape index (κ1) is 27.2. The first-order valence-corrected chi connectivity index (χ1v) is 12.7. The van der Waals surface area contributed by atoms with Gasteiger partial charge in [-0.3, -0.25) is 18.6 Å². The largest absolute Gasteiger partial charge is 0.469 e. The predicted molar refractivity (Wildman–Crippen MR) is 139 cm³/mol. The minimum absolute atomic E-state index is 0.103. The van der Waals surface area contributed by atoms with Crippen LogP contribution in [0.5, 0.6) is 0 Å². The van der Waals surface area contributed by atoms with E-state index in [1.54, 1.807) is 37.3 Å². The number of rotatable bonds is 8. The molecule has 0 fully saturated rings. The van der Waals surface area contributed by atoms with E-state index in [9.17, 15) is 18.6 Å². The predicted octanol–water partition coefficient (Wildman–Crippen LogP) is 3.37. The number of carbonyl (C=O) groups is 3. The number of furan rings is 1. The first-order valence-electron chi connectivity index (χ1n) is 11.3. The van der Waals surface area contributed by atoms with Crippen LogP contribution in [0.15, 0.2) is 57.6 Å². The highest BCUT2D eigenvalue weighted by Crippen LogP contribution is 2.16. The standard InChI is InChI=1S/C26H26N4O6S/c1-17-11-12-36-23(17)26(33)29-21-7-5-6-18(14-21)9-10-19-15-20(16-28-24(19)27)25(32)30-37(34)13-4-3-8-22(31)35-2/h5-7,11-12,14-16,37H,3-4,8,13H2,1-2H3,(H2,27,28)(H,29,33). The van der Waals surface area contributed by atoms with Gasteiger partial charge >= 0.3 is 5.97 Å². The van der Waals surface area contributed by atoms with Crippen LogP contribution in [0, 0.1) is 18.8 Å². The molecule has 0 aliphatic heterocycles. The molecule has 192 valence electrons. The number of aryl methyl sites for hydroxylation is 1. The third-order valence-electron chi connectivity index (χ3n) is 5.11. The number of ether oxygens (including phenoxy) is 1. The molecule has 0 aliphatic rings. The summed E-state index contributed by atoms with van der Waals surface area (Å²) < 4.78 is 25.6. The molecule has 3 N–H and O–H groups in total. The second kappa shape index (κ2) is 13.0. The molecule has 0 saturated heterocycles. The summed E-state index contributed by atoms with van der Waals surface area (Å²) in [5.74, 6) is 4.92. The quantitative estimate of drug-likeness (QED) is 0.176. The van der Waals surface area contributed by atoms with Crippen LogP contribution in [0.25, 0.3) is 0 Å². The monoisotopic (exact) mass is 522 g/mol. The third-order valence-corrected chi connectivity index (χ3v) is 6.21. The van der Waals surface area contributed by atoms with E-state index in [2.05, 4.69) is 31.2 Å². The number of nitrogens with one attached hydrogen (secondary N) is 1. The van der Waals surface area contributed by atoms with E-state index in [-0.39, 0.29) is 41.2 Å². The number of nitrogens with zero attached hydrogens (tertiary/aromatic N) is 2. The lowest BCUT2D eigenvalue weighted by Gasteiger charge is -2.04. The van der Waals surface area contributed by atoms with Crippen molar-refractivity contribution in [3.05, 3.63) is 76.9 Å². The van der Waals surface area contributed by atoms with Gasteiger partial charge in [-0.15, -0.1) is 0 Å². The lowest BCUT2D eigenvalue weighted by molar-refractivity contribution is -0.140. The minimum atomic E-state index is -2.13.